The van der Waals surface area contributed by atoms with Crippen molar-refractivity contribution in [3.05, 3.63) is 0 Å². The summed E-state index contributed by atoms with van der Waals surface area (Å²) < 4.78 is 23.2. The molecule has 5 heteroatoms. The van der Waals surface area contributed by atoms with Crippen LogP contribution in [0.4, 0.5) is 0 Å². The van der Waals surface area contributed by atoms with Crippen molar-refractivity contribution in [1.82, 2.24) is 10.2 Å². The summed E-state index contributed by atoms with van der Waals surface area (Å²) >= 11 is 0. The van der Waals surface area contributed by atoms with Crippen molar-refractivity contribution in [3.8, 4) is 0 Å². The normalized spacial score (nSPS) is 22.6. The first-order valence-corrected chi connectivity index (χ1v) is 9.81. The van der Waals surface area contributed by atoms with E-state index < -0.39 is 9.84 Å². The van der Waals surface area contributed by atoms with Gasteiger partial charge in [-0.05, 0) is 44.7 Å². The molecule has 0 radical (unpaired) electrons. The van der Waals surface area contributed by atoms with Crippen LogP contribution in [0.15, 0.2) is 0 Å². The molecule has 0 aromatic heterocycles. The summed E-state index contributed by atoms with van der Waals surface area (Å²) in [4.78, 5) is 2.28. The number of rotatable bonds is 9. The first kappa shape index (κ1) is 17.9. The Morgan fingerprint density at radius 3 is 2.35 bits per heavy atom. The molecule has 1 fully saturated rings. The van der Waals surface area contributed by atoms with Gasteiger partial charge in [-0.2, -0.15) is 0 Å². The quantitative estimate of drug-likeness (QED) is 0.661. The smallest absolute Gasteiger partial charge is 0.151 e. The molecule has 1 aliphatic heterocycles. The highest BCUT2D eigenvalue weighted by atomic mass is 32.2. The zero-order valence-corrected chi connectivity index (χ0v) is 14.4. The van der Waals surface area contributed by atoms with Gasteiger partial charge in [-0.15, -0.1) is 0 Å². The minimum atomic E-state index is -2.79. The van der Waals surface area contributed by atoms with Crippen molar-refractivity contribution in [3.63, 3.8) is 0 Å². The van der Waals surface area contributed by atoms with E-state index in [9.17, 15) is 8.42 Å². The lowest BCUT2D eigenvalue weighted by atomic mass is 9.81. The van der Waals surface area contributed by atoms with Crippen molar-refractivity contribution in [2.45, 2.75) is 52.5 Å². The molecule has 0 aromatic carbocycles. The zero-order chi connectivity index (χ0) is 15.2. The van der Waals surface area contributed by atoms with Gasteiger partial charge in [0.25, 0.3) is 0 Å². The molecule has 0 amide bonds. The molecule has 0 aliphatic carbocycles. The Labute approximate surface area is 125 Å². The highest BCUT2D eigenvalue weighted by Gasteiger charge is 2.34. The topological polar surface area (TPSA) is 49.4 Å². The van der Waals surface area contributed by atoms with Crippen LogP contribution in [0, 0.1) is 5.41 Å². The summed E-state index contributed by atoms with van der Waals surface area (Å²) in [6, 6.07) is 0.212. The fourth-order valence-corrected chi connectivity index (χ4v) is 4.90. The van der Waals surface area contributed by atoms with Gasteiger partial charge in [0.15, 0.2) is 9.84 Å². The summed E-state index contributed by atoms with van der Waals surface area (Å²) in [5, 5.41) is 3.55. The Kier molecular flexibility index (Phi) is 6.95. The fourth-order valence-electron chi connectivity index (χ4n) is 3.09. The average molecular weight is 305 g/mol. The van der Waals surface area contributed by atoms with Crippen LogP contribution in [0.2, 0.25) is 0 Å². The SMILES string of the molecule is CCCNCC(CC)(CC)CN(C)C1CCS(=O)(=O)C1. The maximum atomic E-state index is 11.6. The molecule has 0 spiro atoms. The summed E-state index contributed by atoms with van der Waals surface area (Å²) in [5.41, 5.74) is 0.260. The van der Waals surface area contributed by atoms with Crippen molar-refractivity contribution in [1.29, 1.82) is 0 Å². The molecule has 1 heterocycles. The predicted octanol–water partition coefficient (Wildman–Crippen LogP) is 1.91. The summed E-state index contributed by atoms with van der Waals surface area (Å²) in [5.74, 6) is 0.705. The van der Waals surface area contributed by atoms with Crippen LogP contribution in [-0.4, -0.2) is 57.5 Å². The lowest BCUT2D eigenvalue weighted by Crippen LogP contribution is -2.46. The van der Waals surface area contributed by atoms with Gasteiger partial charge in [0.05, 0.1) is 11.5 Å². The minimum absolute atomic E-state index is 0.212. The summed E-state index contributed by atoms with van der Waals surface area (Å²) in [6.45, 7) is 9.74. The van der Waals surface area contributed by atoms with E-state index in [2.05, 4.69) is 38.0 Å². The van der Waals surface area contributed by atoms with E-state index in [1.54, 1.807) is 0 Å². The molecule has 20 heavy (non-hydrogen) atoms. The van der Waals surface area contributed by atoms with E-state index in [-0.39, 0.29) is 11.5 Å². The second-order valence-electron chi connectivity index (χ2n) is 6.36. The van der Waals surface area contributed by atoms with Crippen LogP contribution in [0.5, 0.6) is 0 Å². The minimum Gasteiger partial charge on any atom is -0.316 e. The number of hydrogen-bond donors (Lipinski definition) is 1. The zero-order valence-electron chi connectivity index (χ0n) is 13.6. The Morgan fingerprint density at radius 2 is 1.90 bits per heavy atom. The molecule has 1 aliphatic rings. The van der Waals surface area contributed by atoms with E-state index in [4.69, 9.17) is 0 Å². The van der Waals surface area contributed by atoms with Gasteiger partial charge >= 0.3 is 0 Å². The number of nitrogens with one attached hydrogen (secondary N) is 1. The summed E-state index contributed by atoms with van der Waals surface area (Å²) in [6.07, 6.45) is 4.21. The molecule has 1 unspecified atom stereocenters. The monoisotopic (exact) mass is 304 g/mol. The van der Waals surface area contributed by atoms with Crippen molar-refractivity contribution in [2.24, 2.45) is 5.41 Å². The highest BCUT2D eigenvalue weighted by Crippen LogP contribution is 2.29. The molecule has 1 atom stereocenters. The second kappa shape index (κ2) is 7.76. The molecular weight excluding hydrogens is 272 g/mol. The maximum Gasteiger partial charge on any atom is 0.151 e. The van der Waals surface area contributed by atoms with Crippen LogP contribution >= 0.6 is 0 Å². The van der Waals surface area contributed by atoms with E-state index in [1.165, 1.54) is 0 Å². The summed E-state index contributed by atoms with van der Waals surface area (Å²) in [7, 11) is -0.699. The van der Waals surface area contributed by atoms with Gasteiger partial charge < -0.3 is 10.2 Å². The third-order valence-electron chi connectivity index (χ3n) is 4.84. The lowest BCUT2D eigenvalue weighted by molar-refractivity contribution is 0.129. The average Bonchev–Trinajstić information content (AvgIpc) is 2.78. The maximum absolute atomic E-state index is 11.6. The fraction of sp³-hybridized carbons (Fsp3) is 1.00. The first-order chi connectivity index (χ1) is 9.38. The van der Waals surface area contributed by atoms with Gasteiger partial charge in [0, 0.05) is 19.1 Å². The van der Waals surface area contributed by atoms with Crippen LogP contribution < -0.4 is 5.32 Å². The van der Waals surface area contributed by atoms with E-state index in [1.807, 2.05) is 0 Å². The molecule has 4 nitrogen and oxygen atoms in total. The molecule has 0 saturated carbocycles. The van der Waals surface area contributed by atoms with Crippen molar-refractivity contribution >= 4 is 9.84 Å². The number of nitrogens with zero attached hydrogens (tertiary/aromatic N) is 1. The molecule has 1 rings (SSSR count). The third kappa shape index (κ3) is 5.01. The Balaban J connectivity index is 2.60. The van der Waals surface area contributed by atoms with Gasteiger partial charge in [0.2, 0.25) is 0 Å². The van der Waals surface area contributed by atoms with E-state index in [0.29, 0.717) is 11.5 Å². The van der Waals surface area contributed by atoms with Crippen LogP contribution in [0.1, 0.15) is 46.5 Å². The second-order valence-corrected chi connectivity index (χ2v) is 8.58. The lowest BCUT2D eigenvalue weighted by Gasteiger charge is -2.38. The standard InChI is InChI=1S/C15H32N2O2S/c1-5-9-16-12-15(6-2,7-3)13-17(4)14-8-10-20(18,19)11-14/h14,16H,5-13H2,1-4H3. The van der Waals surface area contributed by atoms with Gasteiger partial charge in [-0.1, -0.05) is 20.8 Å². The van der Waals surface area contributed by atoms with Crippen LogP contribution in [0.25, 0.3) is 0 Å². The Bertz CT molecular complexity index is 377. The van der Waals surface area contributed by atoms with Gasteiger partial charge in [-0.25, -0.2) is 8.42 Å². The number of sulfone groups is 1. The predicted molar refractivity (Wildman–Crippen MR) is 85.9 cm³/mol. The first-order valence-electron chi connectivity index (χ1n) is 7.99. The molecule has 120 valence electrons. The molecule has 0 aromatic rings. The highest BCUT2D eigenvalue weighted by molar-refractivity contribution is 7.91. The molecular formula is C15H32N2O2S. The van der Waals surface area contributed by atoms with Crippen LogP contribution in [0.3, 0.4) is 0 Å². The third-order valence-corrected chi connectivity index (χ3v) is 6.59. The molecule has 1 saturated heterocycles. The Hall–Kier alpha value is -0.130. The van der Waals surface area contributed by atoms with Crippen molar-refractivity contribution in [2.75, 3.05) is 38.2 Å². The largest absolute Gasteiger partial charge is 0.316 e. The molecule has 1 N–H and O–H groups in total. The van der Waals surface area contributed by atoms with E-state index in [0.717, 1.165) is 45.3 Å². The van der Waals surface area contributed by atoms with Gasteiger partial charge in [-0.3, -0.25) is 0 Å². The van der Waals surface area contributed by atoms with E-state index >= 15 is 0 Å². The van der Waals surface area contributed by atoms with Gasteiger partial charge in [0.1, 0.15) is 0 Å². The Morgan fingerprint density at radius 1 is 1.25 bits per heavy atom. The number of hydrogen-bond acceptors (Lipinski definition) is 4. The molecule has 0 bridgehead atoms. The van der Waals surface area contributed by atoms with Crippen LogP contribution in [-0.2, 0) is 9.84 Å². The van der Waals surface area contributed by atoms with Crippen molar-refractivity contribution < 1.29 is 8.42 Å².